The lowest BCUT2D eigenvalue weighted by Crippen LogP contribution is -2.47. The second-order valence-corrected chi connectivity index (χ2v) is 4.37. The number of anilines is 3. The van der Waals surface area contributed by atoms with E-state index in [-0.39, 0.29) is 6.61 Å². The standard InChI is InChI=1S/C12H20N4O/c13-11-2-1-10(9-12(11)14)16-5-3-15(4-6-16)7-8-17/h1-2,9,17H,3-8,13-14H2. The number of rotatable bonds is 3. The summed E-state index contributed by atoms with van der Waals surface area (Å²) < 4.78 is 0. The van der Waals surface area contributed by atoms with Crippen LogP contribution in [0.1, 0.15) is 0 Å². The summed E-state index contributed by atoms with van der Waals surface area (Å²) in [5.74, 6) is 0. The van der Waals surface area contributed by atoms with Gasteiger partial charge in [0.2, 0.25) is 0 Å². The van der Waals surface area contributed by atoms with E-state index in [1.54, 1.807) is 0 Å². The summed E-state index contributed by atoms with van der Waals surface area (Å²) >= 11 is 0. The molecule has 1 aliphatic rings. The summed E-state index contributed by atoms with van der Waals surface area (Å²) in [4.78, 5) is 4.56. The van der Waals surface area contributed by atoms with Crippen molar-refractivity contribution in [2.24, 2.45) is 0 Å². The molecule has 1 aromatic rings. The molecule has 1 aromatic carbocycles. The van der Waals surface area contributed by atoms with Gasteiger partial charge in [-0.1, -0.05) is 0 Å². The average molecular weight is 236 g/mol. The number of nitrogens with zero attached hydrogens (tertiary/aromatic N) is 2. The van der Waals surface area contributed by atoms with E-state index < -0.39 is 0 Å². The Kier molecular flexibility index (Phi) is 3.71. The number of nitrogens with two attached hydrogens (primary N) is 2. The third-order valence-corrected chi connectivity index (χ3v) is 3.22. The van der Waals surface area contributed by atoms with Gasteiger partial charge in [0.25, 0.3) is 0 Å². The summed E-state index contributed by atoms with van der Waals surface area (Å²) in [7, 11) is 0. The van der Waals surface area contributed by atoms with Gasteiger partial charge in [-0.2, -0.15) is 0 Å². The monoisotopic (exact) mass is 236 g/mol. The topological polar surface area (TPSA) is 78.8 Å². The number of benzene rings is 1. The molecule has 1 heterocycles. The Morgan fingerprint density at radius 2 is 1.76 bits per heavy atom. The second kappa shape index (κ2) is 5.25. The highest BCUT2D eigenvalue weighted by Crippen LogP contribution is 2.23. The fourth-order valence-corrected chi connectivity index (χ4v) is 2.13. The predicted molar refractivity (Wildman–Crippen MR) is 71.0 cm³/mol. The van der Waals surface area contributed by atoms with Crippen LogP contribution in [0.4, 0.5) is 17.1 Å². The van der Waals surface area contributed by atoms with Gasteiger partial charge in [0.1, 0.15) is 0 Å². The maximum absolute atomic E-state index is 8.88. The van der Waals surface area contributed by atoms with Crippen molar-refractivity contribution in [3.05, 3.63) is 18.2 Å². The lowest BCUT2D eigenvalue weighted by Gasteiger charge is -2.35. The first-order chi connectivity index (χ1) is 8.20. The van der Waals surface area contributed by atoms with Crippen molar-refractivity contribution >= 4 is 17.1 Å². The number of nitrogen functional groups attached to an aromatic ring is 2. The predicted octanol–water partition coefficient (Wildman–Crippen LogP) is -0.0347. The van der Waals surface area contributed by atoms with E-state index in [9.17, 15) is 0 Å². The molecule has 2 rings (SSSR count). The minimum Gasteiger partial charge on any atom is -0.397 e. The number of β-amino-alcohol motifs (C(OH)–C–C–N with tert-alkyl or cyclic N) is 1. The normalized spacial score (nSPS) is 17.4. The number of hydrogen-bond acceptors (Lipinski definition) is 5. The zero-order valence-electron chi connectivity index (χ0n) is 9.97. The van der Waals surface area contributed by atoms with Crippen molar-refractivity contribution in [3.8, 4) is 0 Å². The summed E-state index contributed by atoms with van der Waals surface area (Å²) in [6.07, 6.45) is 0. The number of aliphatic hydroxyl groups excluding tert-OH is 1. The minimum atomic E-state index is 0.231. The molecule has 0 spiro atoms. The third-order valence-electron chi connectivity index (χ3n) is 3.22. The largest absolute Gasteiger partial charge is 0.397 e. The average Bonchev–Trinajstić information content (AvgIpc) is 2.34. The zero-order valence-corrected chi connectivity index (χ0v) is 9.97. The van der Waals surface area contributed by atoms with Crippen molar-refractivity contribution < 1.29 is 5.11 Å². The van der Waals surface area contributed by atoms with Gasteiger partial charge in [-0.25, -0.2) is 0 Å². The van der Waals surface area contributed by atoms with Crippen LogP contribution in [0.15, 0.2) is 18.2 Å². The molecule has 1 fully saturated rings. The highest BCUT2D eigenvalue weighted by molar-refractivity contribution is 5.69. The van der Waals surface area contributed by atoms with Gasteiger partial charge in [-0.3, -0.25) is 4.90 Å². The Morgan fingerprint density at radius 1 is 1.06 bits per heavy atom. The van der Waals surface area contributed by atoms with Gasteiger partial charge in [-0.15, -0.1) is 0 Å². The van der Waals surface area contributed by atoms with Crippen LogP contribution in [0.5, 0.6) is 0 Å². The zero-order chi connectivity index (χ0) is 12.3. The summed E-state index contributed by atoms with van der Waals surface area (Å²) in [6, 6.07) is 5.79. The summed E-state index contributed by atoms with van der Waals surface area (Å²) in [5.41, 5.74) is 13.9. The second-order valence-electron chi connectivity index (χ2n) is 4.37. The lowest BCUT2D eigenvalue weighted by molar-refractivity contribution is 0.189. The number of aliphatic hydroxyl groups is 1. The Labute approximate surface area is 102 Å². The quantitative estimate of drug-likeness (QED) is 0.642. The maximum Gasteiger partial charge on any atom is 0.0568 e. The van der Waals surface area contributed by atoms with Gasteiger partial charge >= 0.3 is 0 Å². The van der Waals surface area contributed by atoms with E-state index >= 15 is 0 Å². The van der Waals surface area contributed by atoms with Gasteiger partial charge in [0.05, 0.1) is 18.0 Å². The first-order valence-electron chi connectivity index (χ1n) is 5.94. The van der Waals surface area contributed by atoms with E-state index in [1.807, 2.05) is 18.2 Å². The molecule has 17 heavy (non-hydrogen) atoms. The molecule has 5 N–H and O–H groups in total. The van der Waals surface area contributed by atoms with Gasteiger partial charge in [0.15, 0.2) is 0 Å². The SMILES string of the molecule is Nc1ccc(N2CCN(CCO)CC2)cc1N. The van der Waals surface area contributed by atoms with E-state index in [2.05, 4.69) is 9.80 Å². The van der Waals surface area contributed by atoms with Crippen LogP contribution in [-0.4, -0.2) is 49.3 Å². The maximum atomic E-state index is 8.88. The van der Waals surface area contributed by atoms with Crippen LogP contribution < -0.4 is 16.4 Å². The van der Waals surface area contributed by atoms with Crippen molar-refractivity contribution in [3.63, 3.8) is 0 Å². The lowest BCUT2D eigenvalue weighted by atomic mass is 10.2. The first kappa shape index (κ1) is 12.0. The van der Waals surface area contributed by atoms with Crippen LogP contribution in [0.2, 0.25) is 0 Å². The molecule has 0 radical (unpaired) electrons. The molecule has 0 atom stereocenters. The fourth-order valence-electron chi connectivity index (χ4n) is 2.13. The van der Waals surface area contributed by atoms with E-state index in [4.69, 9.17) is 16.6 Å². The molecule has 1 aliphatic heterocycles. The molecule has 0 aliphatic carbocycles. The molecular weight excluding hydrogens is 216 g/mol. The molecule has 0 amide bonds. The van der Waals surface area contributed by atoms with E-state index in [0.29, 0.717) is 11.4 Å². The van der Waals surface area contributed by atoms with Gasteiger partial charge in [-0.05, 0) is 18.2 Å². The van der Waals surface area contributed by atoms with Gasteiger partial charge < -0.3 is 21.5 Å². The third kappa shape index (κ3) is 2.81. The molecular formula is C12H20N4O. The Hall–Kier alpha value is -1.46. The highest BCUT2D eigenvalue weighted by Gasteiger charge is 2.16. The molecule has 0 unspecified atom stereocenters. The molecule has 94 valence electrons. The van der Waals surface area contributed by atoms with Crippen LogP contribution in [0.25, 0.3) is 0 Å². The summed E-state index contributed by atoms with van der Waals surface area (Å²) in [5, 5.41) is 8.88. The minimum absolute atomic E-state index is 0.231. The van der Waals surface area contributed by atoms with E-state index in [1.165, 1.54) is 0 Å². The highest BCUT2D eigenvalue weighted by atomic mass is 16.3. The summed E-state index contributed by atoms with van der Waals surface area (Å²) in [6.45, 7) is 4.87. The Bertz CT molecular complexity index is 375. The van der Waals surface area contributed by atoms with Crippen LogP contribution in [0, 0.1) is 0 Å². The number of hydrogen-bond donors (Lipinski definition) is 3. The first-order valence-corrected chi connectivity index (χ1v) is 5.94. The van der Waals surface area contributed by atoms with Gasteiger partial charge in [0, 0.05) is 38.4 Å². The van der Waals surface area contributed by atoms with E-state index in [0.717, 1.165) is 38.4 Å². The van der Waals surface area contributed by atoms with Crippen molar-refractivity contribution in [1.29, 1.82) is 0 Å². The fraction of sp³-hybridized carbons (Fsp3) is 0.500. The smallest absolute Gasteiger partial charge is 0.0568 e. The molecule has 5 heteroatoms. The van der Waals surface area contributed by atoms with Crippen molar-refractivity contribution in [2.75, 3.05) is 55.7 Å². The molecule has 5 nitrogen and oxygen atoms in total. The molecule has 1 saturated heterocycles. The Balaban J connectivity index is 1.98. The molecule has 0 saturated carbocycles. The van der Waals surface area contributed by atoms with Crippen molar-refractivity contribution in [1.82, 2.24) is 4.90 Å². The Morgan fingerprint density at radius 3 is 2.35 bits per heavy atom. The van der Waals surface area contributed by atoms with Crippen molar-refractivity contribution in [2.45, 2.75) is 0 Å². The van der Waals surface area contributed by atoms with Crippen LogP contribution in [-0.2, 0) is 0 Å². The van der Waals surface area contributed by atoms with Crippen LogP contribution in [0.3, 0.4) is 0 Å². The number of piperazine rings is 1. The molecule has 0 bridgehead atoms. The molecule has 0 aromatic heterocycles. The van der Waals surface area contributed by atoms with Crippen LogP contribution >= 0.6 is 0 Å².